The topological polar surface area (TPSA) is 147 Å². The molecule has 0 bridgehead atoms. The highest BCUT2D eigenvalue weighted by atomic mass is 16.7. The molecule has 1 saturated carbocycles. The van der Waals surface area contributed by atoms with Gasteiger partial charge in [-0.1, -0.05) is 72.6 Å². The molecule has 4 aromatic rings. The molecule has 1 fully saturated rings. The van der Waals surface area contributed by atoms with Crippen molar-refractivity contribution in [1.82, 2.24) is 4.90 Å². The van der Waals surface area contributed by atoms with Gasteiger partial charge in [-0.3, -0.25) is 4.90 Å². The molecule has 8 rings (SSSR count). The van der Waals surface area contributed by atoms with E-state index in [1.54, 1.807) is 11.0 Å². The number of allylic oxidation sites excluding steroid dienone is 1. The lowest BCUT2D eigenvalue weighted by Crippen LogP contribution is -2.70. The van der Waals surface area contributed by atoms with Gasteiger partial charge in [0, 0.05) is 37.7 Å². The minimum Gasteiger partial charge on any atom is -0.459 e. The normalized spacial score (nSPS) is 22.8. The van der Waals surface area contributed by atoms with Crippen LogP contribution in [0, 0.1) is 31.6 Å². The lowest BCUT2D eigenvalue weighted by Gasteiger charge is -2.59. The maximum Gasteiger partial charge on any atom is 0.410 e. The first-order valence-corrected chi connectivity index (χ1v) is 23.6. The average Bonchev–Trinajstić information content (AvgIpc) is 3.81. The Morgan fingerprint density at radius 2 is 1.63 bits per heavy atom. The number of ether oxygens (including phenoxy) is 7. The Kier molecular flexibility index (Phi) is 15.8. The van der Waals surface area contributed by atoms with Crippen molar-refractivity contribution in [3.63, 3.8) is 0 Å². The third-order valence-electron chi connectivity index (χ3n) is 13.5. The lowest BCUT2D eigenvalue weighted by molar-refractivity contribution is -0.256. The molecular weight excluding hydrogens is 853 g/mol. The van der Waals surface area contributed by atoms with Gasteiger partial charge in [0.1, 0.15) is 37.0 Å². The molecule has 4 aliphatic rings. The van der Waals surface area contributed by atoms with Crippen LogP contribution in [0.5, 0.6) is 28.7 Å². The summed E-state index contributed by atoms with van der Waals surface area (Å²) >= 11 is 0. The van der Waals surface area contributed by atoms with E-state index in [1.807, 2.05) is 72.8 Å². The number of unbranched alkanes of at least 4 members (excludes halogenated alkanes) is 2. The minimum atomic E-state index is -1.49. The van der Waals surface area contributed by atoms with Crippen LogP contribution >= 0.6 is 0 Å². The number of fused-ring (bicyclic) bond motifs is 3. The molecule has 0 radical (unpaired) electrons. The van der Waals surface area contributed by atoms with Gasteiger partial charge in [-0.05, 0) is 122 Å². The number of carbonyl (C=O) groups is 1. The summed E-state index contributed by atoms with van der Waals surface area (Å²) in [4.78, 5) is 22.3. The Morgan fingerprint density at radius 3 is 2.40 bits per heavy atom. The summed E-state index contributed by atoms with van der Waals surface area (Å²) in [6.07, 6.45) is 8.18. The van der Waals surface area contributed by atoms with Crippen LogP contribution in [0.25, 0.3) is 0 Å². The summed E-state index contributed by atoms with van der Waals surface area (Å²) in [5, 5.41) is 24.7. The Morgan fingerprint density at radius 1 is 0.866 bits per heavy atom. The molecule has 2 aliphatic heterocycles. The second kappa shape index (κ2) is 22.3. The van der Waals surface area contributed by atoms with Gasteiger partial charge in [0.25, 0.3) is 0 Å². The number of benzene rings is 4. The maximum absolute atomic E-state index is 15.0. The van der Waals surface area contributed by atoms with Crippen LogP contribution in [0.4, 0.5) is 4.79 Å². The quantitative estimate of drug-likeness (QED) is 0.0441. The smallest absolute Gasteiger partial charge is 0.410 e. The van der Waals surface area contributed by atoms with E-state index in [-0.39, 0.29) is 70.5 Å². The van der Waals surface area contributed by atoms with Crippen molar-refractivity contribution in [2.24, 2.45) is 22.9 Å². The highest BCUT2D eigenvalue weighted by Gasteiger charge is 2.65. The Hall–Kier alpha value is -5.86. The van der Waals surface area contributed by atoms with Crippen molar-refractivity contribution in [3.05, 3.63) is 137 Å². The Bertz CT molecular complexity index is 2390. The van der Waals surface area contributed by atoms with E-state index >= 15 is 0 Å². The summed E-state index contributed by atoms with van der Waals surface area (Å²) < 4.78 is 44.7. The second-order valence-electron chi connectivity index (χ2n) is 17.8. The molecule has 6 unspecified atom stereocenters. The number of rotatable bonds is 22. The second-order valence-corrected chi connectivity index (χ2v) is 17.8. The molecule has 356 valence electrons. The fraction of sp³-hybridized carbons (Fsp3) is 0.444. The number of amides is 1. The molecule has 6 atom stereocenters. The molecule has 13 heteroatoms. The average molecular weight is 917 g/mol. The van der Waals surface area contributed by atoms with Crippen LogP contribution < -0.4 is 18.9 Å². The van der Waals surface area contributed by atoms with Gasteiger partial charge >= 0.3 is 6.09 Å². The fourth-order valence-corrected chi connectivity index (χ4v) is 10.3. The highest BCUT2D eigenvalue weighted by Crippen LogP contribution is 2.62. The summed E-state index contributed by atoms with van der Waals surface area (Å²) in [6, 6.07) is 26.7. The lowest BCUT2D eigenvalue weighted by atomic mass is 9.55. The van der Waals surface area contributed by atoms with Gasteiger partial charge in [-0.2, -0.15) is 0 Å². The minimum absolute atomic E-state index is 0.00217. The van der Waals surface area contributed by atoms with Crippen LogP contribution in [0.3, 0.4) is 0 Å². The number of aliphatic hydroxyl groups is 2. The SMILES string of the molecule is C=CCOC12Oc3ccc(Oc4ccc(C)c(C)c4)cc3C3C(CCCCO)C(CCCCO)C=C(C(=NOC)CC1N(Cc1ccc4c(c1)OCO4)C(=O)OCCOCc1ccccc1)C32. The van der Waals surface area contributed by atoms with Gasteiger partial charge in [0.05, 0.1) is 31.5 Å². The van der Waals surface area contributed by atoms with E-state index in [2.05, 4.69) is 38.6 Å². The van der Waals surface area contributed by atoms with Crippen molar-refractivity contribution in [1.29, 1.82) is 0 Å². The molecule has 2 N–H and O–H groups in total. The summed E-state index contributed by atoms with van der Waals surface area (Å²) in [5.41, 5.74) is 6.65. The summed E-state index contributed by atoms with van der Waals surface area (Å²) in [7, 11) is 1.53. The summed E-state index contributed by atoms with van der Waals surface area (Å²) in [6.45, 7) is 9.27. The molecule has 2 aliphatic carbocycles. The Balaban J connectivity index is 1.25. The number of aliphatic hydroxyl groups excluding tert-OH is 2. The van der Waals surface area contributed by atoms with Gasteiger partial charge in [0.2, 0.25) is 12.6 Å². The van der Waals surface area contributed by atoms with Crippen molar-refractivity contribution in [2.75, 3.05) is 46.9 Å². The van der Waals surface area contributed by atoms with E-state index in [0.29, 0.717) is 48.2 Å². The van der Waals surface area contributed by atoms with Crippen molar-refractivity contribution >= 4 is 11.8 Å². The third-order valence-corrected chi connectivity index (χ3v) is 13.5. The van der Waals surface area contributed by atoms with Crippen LogP contribution in [0.2, 0.25) is 0 Å². The largest absolute Gasteiger partial charge is 0.459 e. The molecular formula is C54H64N2O11. The number of hydrogen-bond donors (Lipinski definition) is 2. The van der Waals surface area contributed by atoms with Gasteiger partial charge in [-0.15, -0.1) is 6.58 Å². The van der Waals surface area contributed by atoms with E-state index < -0.39 is 23.8 Å². The van der Waals surface area contributed by atoms with Gasteiger partial charge in [0.15, 0.2) is 11.5 Å². The van der Waals surface area contributed by atoms with Crippen LogP contribution in [0.1, 0.15) is 78.7 Å². The van der Waals surface area contributed by atoms with Gasteiger partial charge in [-0.25, -0.2) is 4.79 Å². The number of oxime groups is 1. The first kappa shape index (κ1) is 47.6. The predicted octanol–water partition coefficient (Wildman–Crippen LogP) is 9.94. The van der Waals surface area contributed by atoms with Crippen LogP contribution in [0.15, 0.2) is 114 Å². The zero-order chi connectivity index (χ0) is 46.8. The predicted molar refractivity (Wildman–Crippen MR) is 254 cm³/mol. The first-order chi connectivity index (χ1) is 32.8. The Labute approximate surface area is 393 Å². The molecule has 0 saturated heterocycles. The zero-order valence-electron chi connectivity index (χ0n) is 38.9. The molecule has 1 amide bonds. The van der Waals surface area contributed by atoms with E-state index in [0.717, 1.165) is 59.3 Å². The zero-order valence-corrected chi connectivity index (χ0v) is 38.9. The number of carbonyl (C=O) groups excluding carboxylic acids is 1. The molecule has 4 aromatic carbocycles. The monoisotopic (exact) mass is 916 g/mol. The molecule has 0 spiro atoms. The molecule has 2 heterocycles. The van der Waals surface area contributed by atoms with Crippen molar-refractivity contribution < 1.29 is 53.0 Å². The van der Waals surface area contributed by atoms with E-state index in [1.165, 1.54) is 12.7 Å². The standard InChI is InChI=1S/C54H64N2O11/c1-5-25-65-54-50(56(33-39-18-21-48-49(29-39)64-35-63-48)53(59)62-27-26-61-34-38-13-7-6-8-14-38)32-46(55-60-4)44-30-40(15-9-11-23-57)43(16-10-12-24-58)51(52(44)54)45-31-42(20-22-47(45)67-54)66-41-19-17-36(2)37(3)28-41/h5-8,13-14,17-22,28-31,40,43,50-52,57-58H,1,9-12,15-16,23-27,32-35H2,2-4H3. The third kappa shape index (κ3) is 10.7. The number of aryl methyl sites for hydroxylation is 2. The maximum atomic E-state index is 15.0. The highest BCUT2D eigenvalue weighted by molar-refractivity contribution is 6.03. The number of nitrogens with zero attached hydrogens (tertiary/aromatic N) is 2. The first-order valence-electron chi connectivity index (χ1n) is 23.6. The number of hydrogen-bond acceptors (Lipinski definition) is 12. The molecule has 67 heavy (non-hydrogen) atoms. The van der Waals surface area contributed by atoms with Crippen molar-refractivity contribution in [2.45, 2.75) is 89.7 Å². The van der Waals surface area contributed by atoms with Gasteiger partial charge < -0.3 is 48.2 Å². The summed E-state index contributed by atoms with van der Waals surface area (Å²) in [5.74, 6) is 1.06. The molecule has 0 aromatic heterocycles. The van der Waals surface area contributed by atoms with E-state index in [9.17, 15) is 15.0 Å². The van der Waals surface area contributed by atoms with Crippen LogP contribution in [-0.2, 0) is 32.2 Å². The van der Waals surface area contributed by atoms with E-state index in [4.69, 9.17) is 43.2 Å². The molecule has 13 nitrogen and oxygen atoms in total. The van der Waals surface area contributed by atoms with Crippen molar-refractivity contribution in [3.8, 4) is 28.7 Å². The van der Waals surface area contributed by atoms with Crippen LogP contribution in [-0.4, -0.2) is 85.7 Å². The fourth-order valence-electron chi connectivity index (χ4n) is 10.3.